The highest BCUT2D eigenvalue weighted by Gasteiger charge is 2.41. The lowest BCUT2D eigenvalue weighted by molar-refractivity contribution is -0.125. The monoisotopic (exact) mass is 479 g/mol. The molecule has 0 unspecified atom stereocenters. The fourth-order valence-electron chi connectivity index (χ4n) is 4.60. The molecule has 0 aliphatic carbocycles. The van der Waals surface area contributed by atoms with Gasteiger partial charge in [0, 0.05) is 25.1 Å². The number of hydrogen-bond donors (Lipinski definition) is 2. The number of rotatable bonds is 8. The zero-order valence-corrected chi connectivity index (χ0v) is 20.7. The topological polar surface area (TPSA) is 76.7 Å². The highest BCUT2D eigenvalue weighted by atomic mass is 16.5. The quantitative estimate of drug-likeness (QED) is 0.397. The van der Waals surface area contributed by atoms with E-state index in [1.807, 2.05) is 67.6 Å². The maximum Gasteiger partial charge on any atom is 0.235 e. The van der Waals surface area contributed by atoms with Gasteiger partial charge in [0.1, 0.15) is 5.82 Å². The standard InChI is InChI=1S/C31H33N3O2/c1-3-26(22-33-23(2)32)27-11-13-28(14-12-27)31(17-19-36-20-18-31)30(35)34-29-15-9-25(10-16-29)21-24-7-5-4-6-8-24/h3-16,22H,2,17-21,32H2,1H3,(H,34,35)/b26-3+,33-22?. The molecule has 36 heavy (non-hydrogen) atoms. The molecule has 0 radical (unpaired) electrons. The first-order chi connectivity index (χ1) is 17.5. The van der Waals surface area contributed by atoms with E-state index in [0.717, 1.165) is 28.8 Å². The van der Waals surface area contributed by atoms with E-state index in [0.29, 0.717) is 26.1 Å². The second kappa shape index (κ2) is 11.6. The SMILES string of the molecule is C=C(N)N=C/C(=C\C)c1ccc(C2(C(=O)Nc3ccc(Cc4ccccc4)cc3)CCOCC2)cc1. The average Bonchev–Trinajstić information content (AvgIpc) is 2.91. The van der Waals surface area contributed by atoms with E-state index in [9.17, 15) is 4.79 Å². The van der Waals surface area contributed by atoms with E-state index in [-0.39, 0.29) is 11.7 Å². The summed E-state index contributed by atoms with van der Waals surface area (Å²) in [6.07, 6.45) is 5.81. The molecule has 0 aromatic heterocycles. The van der Waals surface area contributed by atoms with Crippen molar-refractivity contribution in [2.45, 2.75) is 31.6 Å². The van der Waals surface area contributed by atoms with Crippen molar-refractivity contribution in [2.24, 2.45) is 10.7 Å². The van der Waals surface area contributed by atoms with Gasteiger partial charge in [-0.25, -0.2) is 4.99 Å². The van der Waals surface area contributed by atoms with Gasteiger partial charge in [-0.2, -0.15) is 0 Å². The Morgan fingerprint density at radius 3 is 2.25 bits per heavy atom. The number of carbonyl (C=O) groups is 1. The Balaban J connectivity index is 1.52. The highest BCUT2D eigenvalue weighted by molar-refractivity contribution is 6.10. The van der Waals surface area contributed by atoms with Crippen LogP contribution in [0.3, 0.4) is 0 Å². The molecule has 3 aromatic carbocycles. The Bertz CT molecular complexity index is 1240. The summed E-state index contributed by atoms with van der Waals surface area (Å²) in [4.78, 5) is 17.8. The Hall–Kier alpha value is -3.96. The molecule has 1 saturated heterocycles. The summed E-state index contributed by atoms with van der Waals surface area (Å²) >= 11 is 0. The van der Waals surface area contributed by atoms with Gasteiger partial charge in [-0.3, -0.25) is 4.79 Å². The number of amides is 1. The van der Waals surface area contributed by atoms with Gasteiger partial charge in [0.15, 0.2) is 0 Å². The van der Waals surface area contributed by atoms with Crippen molar-refractivity contribution < 1.29 is 9.53 Å². The molecular weight excluding hydrogens is 446 g/mol. The number of aliphatic imine (C=N–C) groups is 1. The number of nitrogens with two attached hydrogens (primary N) is 1. The first-order valence-electron chi connectivity index (χ1n) is 12.3. The molecule has 5 heteroatoms. The van der Waals surface area contributed by atoms with Crippen LogP contribution in [0.1, 0.15) is 42.0 Å². The van der Waals surface area contributed by atoms with E-state index in [1.165, 1.54) is 11.1 Å². The van der Waals surface area contributed by atoms with Gasteiger partial charge in [0.05, 0.1) is 5.41 Å². The number of allylic oxidation sites excluding steroid dienone is 2. The smallest absolute Gasteiger partial charge is 0.235 e. The van der Waals surface area contributed by atoms with Crippen LogP contribution >= 0.6 is 0 Å². The van der Waals surface area contributed by atoms with Crippen molar-refractivity contribution >= 4 is 23.4 Å². The lowest BCUT2D eigenvalue weighted by Gasteiger charge is -2.36. The molecule has 5 nitrogen and oxygen atoms in total. The summed E-state index contributed by atoms with van der Waals surface area (Å²) in [7, 11) is 0. The Morgan fingerprint density at radius 1 is 1.00 bits per heavy atom. The van der Waals surface area contributed by atoms with Crippen LogP contribution in [0.5, 0.6) is 0 Å². The van der Waals surface area contributed by atoms with Gasteiger partial charge in [-0.15, -0.1) is 0 Å². The van der Waals surface area contributed by atoms with Crippen molar-refractivity contribution in [1.29, 1.82) is 0 Å². The number of carbonyl (C=O) groups excluding carboxylic acids is 1. The largest absolute Gasteiger partial charge is 0.384 e. The summed E-state index contributed by atoms with van der Waals surface area (Å²) in [5, 5.41) is 3.17. The van der Waals surface area contributed by atoms with Crippen LogP contribution in [0.15, 0.2) is 102 Å². The molecule has 184 valence electrons. The molecule has 1 amide bonds. The minimum atomic E-state index is -0.644. The third-order valence-electron chi connectivity index (χ3n) is 6.70. The number of nitrogens with one attached hydrogen (secondary N) is 1. The predicted molar refractivity (Wildman–Crippen MR) is 148 cm³/mol. The third kappa shape index (κ3) is 5.99. The Morgan fingerprint density at radius 2 is 1.64 bits per heavy atom. The second-order valence-electron chi connectivity index (χ2n) is 9.08. The van der Waals surface area contributed by atoms with Crippen LogP contribution < -0.4 is 11.1 Å². The van der Waals surface area contributed by atoms with Crippen LogP contribution in [0.4, 0.5) is 5.69 Å². The maximum atomic E-state index is 13.7. The molecule has 0 bridgehead atoms. The first kappa shape index (κ1) is 25.1. The average molecular weight is 480 g/mol. The number of nitrogens with zero attached hydrogens (tertiary/aromatic N) is 1. The molecule has 1 aliphatic rings. The van der Waals surface area contributed by atoms with E-state index >= 15 is 0 Å². The van der Waals surface area contributed by atoms with E-state index in [4.69, 9.17) is 10.5 Å². The number of anilines is 1. The van der Waals surface area contributed by atoms with E-state index < -0.39 is 5.41 Å². The van der Waals surface area contributed by atoms with Crippen LogP contribution in [0.25, 0.3) is 5.57 Å². The molecule has 3 aromatic rings. The molecule has 1 aliphatic heterocycles. The van der Waals surface area contributed by atoms with Gasteiger partial charge in [-0.05, 0) is 66.1 Å². The Labute approximate surface area is 213 Å². The van der Waals surface area contributed by atoms with Gasteiger partial charge in [-0.1, -0.05) is 79.4 Å². The summed E-state index contributed by atoms with van der Waals surface area (Å²) in [6, 6.07) is 26.6. The van der Waals surface area contributed by atoms with E-state index in [2.05, 4.69) is 41.2 Å². The minimum absolute atomic E-state index is 0.00149. The third-order valence-corrected chi connectivity index (χ3v) is 6.70. The molecule has 0 spiro atoms. The summed E-state index contributed by atoms with van der Waals surface area (Å²) in [6.45, 7) is 6.67. The zero-order chi connectivity index (χ0) is 25.4. The van der Waals surface area contributed by atoms with Crippen molar-refractivity contribution in [1.82, 2.24) is 0 Å². The molecule has 3 N–H and O–H groups in total. The maximum absolute atomic E-state index is 13.7. The van der Waals surface area contributed by atoms with Crippen molar-refractivity contribution in [3.8, 4) is 0 Å². The van der Waals surface area contributed by atoms with Gasteiger partial charge < -0.3 is 15.8 Å². The van der Waals surface area contributed by atoms with Crippen molar-refractivity contribution in [3.05, 3.63) is 120 Å². The van der Waals surface area contributed by atoms with Gasteiger partial charge in [0.2, 0.25) is 5.91 Å². The van der Waals surface area contributed by atoms with E-state index in [1.54, 1.807) is 6.21 Å². The molecule has 0 saturated carbocycles. The fourth-order valence-corrected chi connectivity index (χ4v) is 4.60. The van der Waals surface area contributed by atoms with Crippen LogP contribution in [0.2, 0.25) is 0 Å². The number of ether oxygens (including phenoxy) is 1. The fraction of sp³-hybridized carbons (Fsp3) is 0.226. The normalized spacial score (nSPS) is 15.5. The molecule has 0 atom stereocenters. The minimum Gasteiger partial charge on any atom is -0.384 e. The number of benzene rings is 3. The lowest BCUT2D eigenvalue weighted by atomic mass is 9.73. The summed E-state index contributed by atoms with van der Waals surface area (Å²) in [5.41, 5.74) is 11.1. The summed E-state index contributed by atoms with van der Waals surface area (Å²) < 4.78 is 5.63. The lowest BCUT2D eigenvalue weighted by Crippen LogP contribution is -2.44. The molecular formula is C31H33N3O2. The van der Waals surface area contributed by atoms with Crippen molar-refractivity contribution in [3.63, 3.8) is 0 Å². The molecule has 4 rings (SSSR count). The summed E-state index contributed by atoms with van der Waals surface area (Å²) in [5.74, 6) is 0.263. The predicted octanol–water partition coefficient (Wildman–Crippen LogP) is 5.87. The van der Waals surface area contributed by atoms with Crippen LogP contribution in [0, 0.1) is 0 Å². The van der Waals surface area contributed by atoms with Gasteiger partial charge in [0.25, 0.3) is 0 Å². The van der Waals surface area contributed by atoms with Crippen LogP contribution in [-0.2, 0) is 21.4 Å². The number of hydrogen-bond acceptors (Lipinski definition) is 4. The second-order valence-corrected chi connectivity index (χ2v) is 9.08. The zero-order valence-electron chi connectivity index (χ0n) is 20.7. The molecule has 1 heterocycles. The first-order valence-corrected chi connectivity index (χ1v) is 12.3. The van der Waals surface area contributed by atoms with Crippen molar-refractivity contribution in [2.75, 3.05) is 18.5 Å². The van der Waals surface area contributed by atoms with Crippen LogP contribution in [-0.4, -0.2) is 25.3 Å². The molecule has 1 fully saturated rings. The van der Waals surface area contributed by atoms with Gasteiger partial charge >= 0.3 is 0 Å². The Kier molecular flexibility index (Phi) is 8.13. The highest BCUT2D eigenvalue weighted by Crippen LogP contribution is 2.37.